The minimum Gasteiger partial charge on any atom is -0.490 e. The third kappa shape index (κ3) is 4.60. The third-order valence-corrected chi connectivity index (χ3v) is 4.50. The van der Waals surface area contributed by atoms with E-state index in [1.165, 1.54) is 6.42 Å². The molecule has 1 unspecified atom stereocenters. The lowest BCUT2D eigenvalue weighted by Gasteiger charge is -2.26. The number of ether oxygens (including phenoxy) is 2. The molecule has 1 aliphatic rings. The molecule has 0 heterocycles. The van der Waals surface area contributed by atoms with Crippen molar-refractivity contribution in [1.29, 1.82) is 0 Å². The number of hydrogen-bond acceptors (Lipinski definition) is 3. The van der Waals surface area contributed by atoms with Crippen LogP contribution in [0.3, 0.4) is 0 Å². The first-order valence-electron chi connectivity index (χ1n) is 8.67. The molecule has 0 radical (unpaired) electrons. The lowest BCUT2D eigenvalue weighted by molar-refractivity contribution is -0.145. The van der Waals surface area contributed by atoms with Gasteiger partial charge in [0.25, 0.3) is 0 Å². The van der Waals surface area contributed by atoms with Gasteiger partial charge in [0.2, 0.25) is 0 Å². The maximum absolute atomic E-state index is 12.1. The molecule has 2 aromatic rings. The number of rotatable bonds is 7. The van der Waals surface area contributed by atoms with Gasteiger partial charge in [0.05, 0.1) is 12.5 Å². The molecule has 0 aliphatic heterocycles. The molecule has 3 heteroatoms. The van der Waals surface area contributed by atoms with E-state index in [1.54, 1.807) is 0 Å². The molecule has 0 saturated heterocycles. The summed E-state index contributed by atoms with van der Waals surface area (Å²) in [5.74, 6) is 0.844. The molecular formula is C21H24O3. The van der Waals surface area contributed by atoms with Gasteiger partial charge in [-0.2, -0.15) is 0 Å². The Morgan fingerprint density at radius 2 is 1.92 bits per heavy atom. The highest BCUT2D eigenvalue weighted by Crippen LogP contribution is 2.28. The first-order chi connectivity index (χ1) is 11.7. The average molecular weight is 324 g/mol. The van der Waals surface area contributed by atoms with Crippen LogP contribution in [-0.2, 0) is 16.1 Å². The van der Waals surface area contributed by atoms with E-state index in [4.69, 9.17) is 9.47 Å². The van der Waals surface area contributed by atoms with Crippen LogP contribution in [0.25, 0.3) is 0 Å². The van der Waals surface area contributed by atoms with E-state index in [0.717, 1.165) is 29.7 Å². The Hall–Kier alpha value is -2.29. The molecule has 1 aliphatic carbocycles. The van der Waals surface area contributed by atoms with Crippen LogP contribution in [0.15, 0.2) is 54.6 Å². The van der Waals surface area contributed by atoms with E-state index < -0.39 is 0 Å². The van der Waals surface area contributed by atoms with Gasteiger partial charge >= 0.3 is 5.97 Å². The number of carbonyl (C=O) groups excluding carboxylic acids is 1. The predicted molar refractivity (Wildman–Crippen MR) is 94.0 cm³/mol. The van der Waals surface area contributed by atoms with Gasteiger partial charge in [-0.1, -0.05) is 49.4 Å². The van der Waals surface area contributed by atoms with Crippen LogP contribution in [-0.4, -0.2) is 12.1 Å². The first-order valence-corrected chi connectivity index (χ1v) is 8.67. The maximum Gasteiger partial charge on any atom is 0.306 e. The molecule has 0 aromatic heterocycles. The van der Waals surface area contributed by atoms with Crippen molar-refractivity contribution in [3.05, 3.63) is 65.7 Å². The second kappa shape index (κ2) is 8.00. The van der Waals surface area contributed by atoms with Crippen molar-refractivity contribution in [2.45, 2.75) is 51.2 Å². The van der Waals surface area contributed by atoms with E-state index in [2.05, 4.69) is 0 Å². The minimum atomic E-state index is -0.170. The van der Waals surface area contributed by atoms with Crippen molar-refractivity contribution in [1.82, 2.24) is 0 Å². The molecule has 126 valence electrons. The molecule has 3 nitrogen and oxygen atoms in total. The summed E-state index contributed by atoms with van der Waals surface area (Å²) in [5, 5.41) is 0. The van der Waals surface area contributed by atoms with E-state index in [0.29, 0.717) is 19.1 Å². The van der Waals surface area contributed by atoms with Crippen LogP contribution in [0, 0.1) is 0 Å². The van der Waals surface area contributed by atoms with Crippen LogP contribution in [0.1, 0.15) is 49.7 Å². The van der Waals surface area contributed by atoms with Crippen LogP contribution >= 0.6 is 0 Å². The van der Waals surface area contributed by atoms with Gasteiger partial charge in [-0.15, -0.1) is 0 Å². The highest BCUT2D eigenvalue weighted by molar-refractivity contribution is 5.70. The van der Waals surface area contributed by atoms with Gasteiger partial charge in [-0.05, 0) is 48.4 Å². The fraction of sp³-hybridized carbons (Fsp3) is 0.381. The number of esters is 1. The van der Waals surface area contributed by atoms with Gasteiger partial charge in [-0.25, -0.2) is 0 Å². The van der Waals surface area contributed by atoms with Crippen molar-refractivity contribution >= 4 is 5.97 Å². The standard InChI is InChI=1S/C21H24O3/c1-16(13-21(22)23-15-17-7-3-2-4-8-17)18-9-5-12-20(14-18)24-19-10-6-11-19/h2-5,7-9,12,14,16,19H,6,10-11,13,15H2,1H3. The van der Waals surface area contributed by atoms with Gasteiger partial charge in [0, 0.05) is 0 Å². The molecule has 3 rings (SSSR count). The molecule has 0 bridgehead atoms. The Balaban J connectivity index is 1.51. The summed E-state index contributed by atoms with van der Waals surface area (Å²) in [4.78, 5) is 12.1. The monoisotopic (exact) mass is 324 g/mol. The third-order valence-electron chi connectivity index (χ3n) is 4.50. The summed E-state index contributed by atoms with van der Waals surface area (Å²) in [6, 6.07) is 17.8. The van der Waals surface area contributed by atoms with Crippen molar-refractivity contribution in [3.63, 3.8) is 0 Å². The fourth-order valence-electron chi connectivity index (χ4n) is 2.74. The predicted octanol–water partition coefficient (Wildman–Crippen LogP) is 4.85. The Morgan fingerprint density at radius 3 is 2.62 bits per heavy atom. The lowest BCUT2D eigenvalue weighted by Crippen LogP contribution is -2.24. The molecule has 1 fully saturated rings. The SMILES string of the molecule is CC(CC(=O)OCc1ccccc1)c1cccc(OC2CCC2)c1. The first kappa shape index (κ1) is 16.6. The number of carbonyl (C=O) groups is 1. The molecule has 0 spiro atoms. The summed E-state index contributed by atoms with van der Waals surface area (Å²) >= 11 is 0. The number of hydrogen-bond donors (Lipinski definition) is 0. The van der Waals surface area contributed by atoms with E-state index in [1.807, 2.05) is 61.5 Å². The Kier molecular flexibility index (Phi) is 5.52. The van der Waals surface area contributed by atoms with Crippen LogP contribution < -0.4 is 4.74 Å². The second-order valence-electron chi connectivity index (χ2n) is 6.49. The van der Waals surface area contributed by atoms with Crippen LogP contribution in [0.2, 0.25) is 0 Å². The zero-order valence-corrected chi connectivity index (χ0v) is 14.1. The molecule has 1 saturated carbocycles. The molecule has 24 heavy (non-hydrogen) atoms. The van der Waals surface area contributed by atoms with Crippen molar-refractivity contribution in [2.24, 2.45) is 0 Å². The van der Waals surface area contributed by atoms with E-state index >= 15 is 0 Å². The van der Waals surface area contributed by atoms with Gasteiger partial charge in [0.15, 0.2) is 0 Å². The molecular weight excluding hydrogens is 300 g/mol. The lowest BCUT2D eigenvalue weighted by atomic mass is 9.95. The summed E-state index contributed by atoms with van der Waals surface area (Å²) in [5.41, 5.74) is 2.12. The minimum absolute atomic E-state index is 0.109. The normalized spacial score (nSPS) is 15.4. The highest BCUT2D eigenvalue weighted by atomic mass is 16.5. The summed E-state index contributed by atoms with van der Waals surface area (Å²) < 4.78 is 11.3. The van der Waals surface area contributed by atoms with Gasteiger partial charge in [-0.3, -0.25) is 4.79 Å². The topological polar surface area (TPSA) is 35.5 Å². The molecule has 0 N–H and O–H groups in total. The van der Waals surface area contributed by atoms with E-state index in [-0.39, 0.29) is 11.9 Å². The summed E-state index contributed by atoms with van der Waals surface area (Å²) in [7, 11) is 0. The van der Waals surface area contributed by atoms with Crippen LogP contribution in [0.5, 0.6) is 5.75 Å². The molecule has 0 amide bonds. The van der Waals surface area contributed by atoms with Crippen molar-refractivity contribution in [3.8, 4) is 5.75 Å². The van der Waals surface area contributed by atoms with Crippen molar-refractivity contribution < 1.29 is 14.3 Å². The largest absolute Gasteiger partial charge is 0.490 e. The number of benzene rings is 2. The average Bonchev–Trinajstić information content (AvgIpc) is 2.57. The summed E-state index contributed by atoms with van der Waals surface area (Å²) in [6.07, 6.45) is 4.29. The fourth-order valence-corrected chi connectivity index (χ4v) is 2.74. The highest BCUT2D eigenvalue weighted by Gasteiger charge is 2.19. The van der Waals surface area contributed by atoms with E-state index in [9.17, 15) is 4.79 Å². The van der Waals surface area contributed by atoms with Crippen LogP contribution in [0.4, 0.5) is 0 Å². The maximum atomic E-state index is 12.1. The zero-order chi connectivity index (χ0) is 16.8. The second-order valence-corrected chi connectivity index (χ2v) is 6.49. The zero-order valence-electron chi connectivity index (χ0n) is 14.1. The Morgan fingerprint density at radius 1 is 1.12 bits per heavy atom. The van der Waals surface area contributed by atoms with Gasteiger partial charge in [0.1, 0.15) is 12.4 Å². The Labute approximate surface area is 143 Å². The molecule has 1 atom stereocenters. The quantitative estimate of drug-likeness (QED) is 0.683. The Bertz CT molecular complexity index is 662. The van der Waals surface area contributed by atoms with Crippen molar-refractivity contribution in [2.75, 3.05) is 0 Å². The summed E-state index contributed by atoms with van der Waals surface area (Å²) in [6.45, 7) is 2.38. The van der Waals surface area contributed by atoms with Gasteiger partial charge < -0.3 is 9.47 Å². The molecule has 2 aromatic carbocycles. The smallest absolute Gasteiger partial charge is 0.306 e.